The molecule has 0 amide bonds. The molecular weight excluding hydrogens is 178 g/mol. The summed E-state index contributed by atoms with van der Waals surface area (Å²) in [6.45, 7) is 7.17. The summed E-state index contributed by atoms with van der Waals surface area (Å²) in [5.74, 6) is 0. The van der Waals surface area contributed by atoms with Crippen molar-refractivity contribution in [1.82, 2.24) is 0 Å². The van der Waals surface area contributed by atoms with E-state index < -0.39 is 9.21 Å². The summed E-state index contributed by atoms with van der Waals surface area (Å²) in [7, 11) is 0. The van der Waals surface area contributed by atoms with E-state index in [0.717, 1.165) is 0 Å². The van der Waals surface area contributed by atoms with Crippen molar-refractivity contribution in [3.63, 3.8) is 0 Å². The highest BCUT2D eigenvalue weighted by molar-refractivity contribution is 6.68. The lowest BCUT2D eigenvalue weighted by molar-refractivity contribution is 0.494. The number of hydrogen-bond acceptors (Lipinski definition) is 0. The molecule has 0 aliphatic rings. The van der Waals surface area contributed by atoms with Crippen LogP contribution >= 0.6 is 34.8 Å². The zero-order chi connectivity index (χ0) is 7.71. The van der Waals surface area contributed by atoms with Gasteiger partial charge in [0.15, 0.2) is 3.79 Å². The maximum Gasteiger partial charge on any atom is 0.198 e. The SMILES string of the molecule is C=CC(C)(C)C(Cl)(Cl)Cl. The van der Waals surface area contributed by atoms with E-state index in [2.05, 4.69) is 6.58 Å². The predicted molar refractivity (Wildman–Crippen MR) is 44.3 cm³/mol. The minimum absolute atomic E-state index is 0.461. The quantitative estimate of drug-likeness (QED) is 0.435. The van der Waals surface area contributed by atoms with Crippen molar-refractivity contribution >= 4 is 34.8 Å². The van der Waals surface area contributed by atoms with Crippen LogP contribution in [0.2, 0.25) is 0 Å². The van der Waals surface area contributed by atoms with E-state index in [4.69, 9.17) is 34.8 Å². The van der Waals surface area contributed by atoms with E-state index in [1.54, 1.807) is 6.08 Å². The summed E-state index contributed by atoms with van der Waals surface area (Å²) >= 11 is 16.8. The second kappa shape index (κ2) is 2.69. The molecule has 0 unspecified atom stereocenters. The van der Waals surface area contributed by atoms with E-state index in [-0.39, 0.29) is 0 Å². The third kappa shape index (κ3) is 2.37. The molecule has 0 aromatic rings. The largest absolute Gasteiger partial charge is 0.198 e. The van der Waals surface area contributed by atoms with Crippen LogP contribution < -0.4 is 0 Å². The summed E-state index contributed by atoms with van der Waals surface area (Å²) in [6, 6.07) is 0. The summed E-state index contributed by atoms with van der Waals surface area (Å²) in [5, 5.41) is 0. The van der Waals surface area contributed by atoms with Gasteiger partial charge in [-0.25, -0.2) is 0 Å². The van der Waals surface area contributed by atoms with Crippen LogP contribution in [-0.2, 0) is 0 Å². The normalized spacial score (nSPS) is 13.4. The third-order valence-corrected chi connectivity index (χ3v) is 2.70. The lowest BCUT2D eigenvalue weighted by Gasteiger charge is -2.28. The molecule has 0 aromatic heterocycles. The minimum atomic E-state index is -1.26. The number of alkyl halides is 3. The molecule has 0 fully saturated rings. The fourth-order valence-corrected chi connectivity index (χ4v) is 0.347. The Kier molecular flexibility index (Phi) is 2.87. The van der Waals surface area contributed by atoms with Crippen LogP contribution in [0.25, 0.3) is 0 Å². The Balaban J connectivity index is 4.32. The Bertz CT molecular complexity index is 110. The van der Waals surface area contributed by atoms with Gasteiger partial charge in [0.25, 0.3) is 0 Å². The fraction of sp³-hybridized carbons (Fsp3) is 0.667. The van der Waals surface area contributed by atoms with Crippen LogP contribution in [0.3, 0.4) is 0 Å². The molecule has 0 saturated carbocycles. The van der Waals surface area contributed by atoms with Crippen molar-refractivity contribution in [1.29, 1.82) is 0 Å². The molecule has 0 bridgehead atoms. The summed E-state index contributed by atoms with van der Waals surface area (Å²) < 4.78 is -1.26. The lowest BCUT2D eigenvalue weighted by Crippen LogP contribution is -2.25. The van der Waals surface area contributed by atoms with Gasteiger partial charge < -0.3 is 0 Å². The van der Waals surface area contributed by atoms with E-state index in [1.807, 2.05) is 13.8 Å². The predicted octanol–water partition coefficient (Wildman–Crippen LogP) is 3.57. The Morgan fingerprint density at radius 2 is 1.56 bits per heavy atom. The number of hydrogen-bond donors (Lipinski definition) is 0. The molecule has 54 valence electrons. The number of rotatable bonds is 1. The standard InChI is InChI=1S/C6H9Cl3/c1-4-5(2,3)6(7,8)9/h4H,1H2,2-3H3. The maximum atomic E-state index is 5.58. The first-order valence-electron chi connectivity index (χ1n) is 2.51. The molecule has 0 nitrogen and oxygen atoms in total. The second-order valence-corrected chi connectivity index (χ2v) is 4.70. The molecule has 0 N–H and O–H groups in total. The van der Waals surface area contributed by atoms with Gasteiger partial charge in [-0.2, -0.15) is 0 Å². The fourth-order valence-electron chi connectivity index (χ4n) is 0.116. The molecule has 0 radical (unpaired) electrons. The van der Waals surface area contributed by atoms with Gasteiger partial charge in [0.2, 0.25) is 0 Å². The van der Waals surface area contributed by atoms with Crippen LogP contribution in [0.5, 0.6) is 0 Å². The van der Waals surface area contributed by atoms with E-state index in [0.29, 0.717) is 0 Å². The van der Waals surface area contributed by atoms with Crippen molar-refractivity contribution in [2.45, 2.75) is 17.6 Å². The monoisotopic (exact) mass is 186 g/mol. The van der Waals surface area contributed by atoms with Crippen LogP contribution in [0.15, 0.2) is 12.7 Å². The molecule has 3 heteroatoms. The van der Waals surface area contributed by atoms with Crippen molar-refractivity contribution in [2.24, 2.45) is 5.41 Å². The molecular formula is C6H9Cl3. The highest BCUT2D eigenvalue weighted by Gasteiger charge is 2.37. The molecule has 0 heterocycles. The molecule has 0 spiro atoms. The first-order chi connectivity index (χ1) is 3.81. The van der Waals surface area contributed by atoms with E-state index in [1.165, 1.54) is 0 Å². The van der Waals surface area contributed by atoms with E-state index in [9.17, 15) is 0 Å². The summed E-state index contributed by atoms with van der Waals surface area (Å²) in [5.41, 5.74) is -0.461. The Labute approximate surface area is 70.8 Å². The van der Waals surface area contributed by atoms with Crippen LogP contribution in [-0.4, -0.2) is 3.79 Å². The molecule has 0 aliphatic heterocycles. The van der Waals surface area contributed by atoms with Crippen molar-refractivity contribution in [3.05, 3.63) is 12.7 Å². The number of halogens is 3. The van der Waals surface area contributed by atoms with Gasteiger partial charge in [-0.05, 0) is 0 Å². The zero-order valence-electron chi connectivity index (χ0n) is 5.42. The van der Waals surface area contributed by atoms with Crippen LogP contribution in [0.4, 0.5) is 0 Å². The summed E-state index contributed by atoms with van der Waals surface area (Å²) in [4.78, 5) is 0. The topological polar surface area (TPSA) is 0 Å². The molecule has 9 heavy (non-hydrogen) atoms. The van der Waals surface area contributed by atoms with Gasteiger partial charge in [-0.1, -0.05) is 54.7 Å². The van der Waals surface area contributed by atoms with Gasteiger partial charge in [-0.15, -0.1) is 6.58 Å². The third-order valence-electron chi connectivity index (χ3n) is 1.24. The lowest BCUT2D eigenvalue weighted by atomic mass is 9.96. The van der Waals surface area contributed by atoms with Gasteiger partial charge >= 0.3 is 0 Å². The average Bonchev–Trinajstić information content (AvgIpc) is 1.64. The Morgan fingerprint density at radius 3 is 1.56 bits per heavy atom. The minimum Gasteiger partial charge on any atom is -0.102 e. The highest BCUT2D eigenvalue weighted by atomic mass is 35.6. The van der Waals surface area contributed by atoms with Crippen molar-refractivity contribution in [2.75, 3.05) is 0 Å². The first-order valence-corrected chi connectivity index (χ1v) is 3.65. The van der Waals surface area contributed by atoms with Crippen molar-refractivity contribution < 1.29 is 0 Å². The van der Waals surface area contributed by atoms with E-state index >= 15 is 0 Å². The molecule has 0 aliphatic carbocycles. The smallest absolute Gasteiger partial charge is 0.102 e. The molecule has 0 rings (SSSR count). The molecule has 0 saturated heterocycles. The molecule has 0 aromatic carbocycles. The van der Waals surface area contributed by atoms with Gasteiger partial charge in [0.05, 0.1) is 0 Å². The van der Waals surface area contributed by atoms with Gasteiger partial charge in [-0.3, -0.25) is 0 Å². The number of allylic oxidation sites excluding steroid dienone is 1. The Hall–Kier alpha value is 0.610. The summed E-state index contributed by atoms with van der Waals surface area (Å²) in [6.07, 6.45) is 1.62. The first kappa shape index (κ1) is 9.61. The average molecular weight is 187 g/mol. The zero-order valence-corrected chi connectivity index (χ0v) is 7.69. The van der Waals surface area contributed by atoms with Crippen LogP contribution in [0.1, 0.15) is 13.8 Å². The highest BCUT2D eigenvalue weighted by Crippen LogP contribution is 2.44. The van der Waals surface area contributed by atoms with Gasteiger partial charge in [0, 0.05) is 5.41 Å². The van der Waals surface area contributed by atoms with Crippen molar-refractivity contribution in [3.8, 4) is 0 Å². The van der Waals surface area contributed by atoms with Gasteiger partial charge in [0.1, 0.15) is 0 Å². The molecule has 0 atom stereocenters. The Morgan fingerprint density at radius 1 is 1.22 bits per heavy atom. The second-order valence-electron chi connectivity index (χ2n) is 2.42. The maximum absolute atomic E-state index is 5.58. The van der Waals surface area contributed by atoms with Crippen LogP contribution in [0, 0.1) is 5.41 Å².